The van der Waals surface area contributed by atoms with Crippen LogP contribution in [0.1, 0.15) is 108 Å². The van der Waals surface area contributed by atoms with Gasteiger partial charge in [0.25, 0.3) is 5.91 Å². The van der Waals surface area contributed by atoms with E-state index in [-0.39, 0.29) is 24.8 Å². The Morgan fingerprint density at radius 3 is 1.33 bits per heavy atom. The van der Waals surface area contributed by atoms with E-state index in [0.29, 0.717) is 41.3 Å². The van der Waals surface area contributed by atoms with Crippen LogP contribution in [-0.2, 0) is 35.0 Å². The van der Waals surface area contributed by atoms with E-state index in [2.05, 4.69) is 152 Å². The molecule has 8 aromatic heterocycles. The van der Waals surface area contributed by atoms with Crippen molar-refractivity contribution in [2.75, 3.05) is 140 Å². The third kappa shape index (κ3) is 25.1. The Balaban J connectivity index is 0.000000136. The predicted octanol–water partition coefficient (Wildman–Crippen LogP) is 18.0. The molecule has 33 nitrogen and oxygen atoms in total. The van der Waals surface area contributed by atoms with Gasteiger partial charge in [-0.3, -0.25) is 43.0 Å². The van der Waals surface area contributed by atoms with Crippen LogP contribution >= 0.6 is 0 Å². The summed E-state index contributed by atoms with van der Waals surface area (Å²) in [6.07, 6.45) is 29.9. The molecule has 1 unspecified atom stereocenters. The molecule has 0 spiro atoms. The first kappa shape index (κ1) is 99.3. The molecule has 3 aliphatic rings. The van der Waals surface area contributed by atoms with Gasteiger partial charge in [0.1, 0.15) is 40.7 Å². The Labute approximate surface area is 822 Å². The van der Waals surface area contributed by atoms with Crippen LogP contribution in [0, 0.1) is 5.92 Å². The number of carbonyl (C=O) groups is 1. The average Bonchev–Trinajstić information content (AvgIpc) is 1.77. The summed E-state index contributed by atoms with van der Waals surface area (Å²) in [5.74, 6) is 10.0. The number of hydrogen-bond donors (Lipinski definition) is 3. The molecule has 8 aromatic carbocycles. The van der Waals surface area contributed by atoms with Crippen molar-refractivity contribution in [2.45, 2.75) is 104 Å². The van der Waals surface area contributed by atoms with Crippen molar-refractivity contribution in [1.29, 1.82) is 0 Å². The minimum absolute atomic E-state index is 0.0000227. The van der Waals surface area contributed by atoms with Crippen molar-refractivity contribution in [2.24, 2.45) is 20.0 Å². The van der Waals surface area contributed by atoms with Crippen LogP contribution in [0.4, 0.5) is 45.5 Å². The molecule has 734 valence electrons. The monoisotopic (exact) mass is 1920 g/mol. The summed E-state index contributed by atoms with van der Waals surface area (Å²) in [4.78, 5) is 61.9. The second-order valence-corrected chi connectivity index (χ2v) is 38.6. The highest BCUT2D eigenvalue weighted by molar-refractivity contribution is 8.00. The maximum atomic E-state index is 12.5. The molecule has 34 heteroatoms. The van der Waals surface area contributed by atoms with Gasteiger partial charge in [-0.15, -0.1) is 0 Å². The van der Waals surface area contributed by atoms with Crippen LogP contribution < -0.4 is 58.7 Å². The summed E-state index contributed by atoms with van der Waals surface area (Å²) in [6, 6.07) is 48.5. The molecule has 1 amide bonds. The Kier molecular flexibility index (Phi) is 32.3. The second kappa shape index (κ2) is 45.9. The molecule has 2 aliphatic heterocycles. The number of nitrogens with zero attached hydrogens (tertiary/aromatic N) is 21. The van der Waals surface area contributed by atoms with Crippen molar-refractivity contribution in [3.8, 4) is 79.5 Å². The number of aromatic nitrogens is 16. The van der Waals surface area contributed by atoms with Crippen LogP contribution in [0.15, 0.2) is 220 Å². The fraction of sp³-hybridized carbons (Fsp3) is 0.346. The van der Waals surface area contributed by atoms with Gasteiger partial charge in [0, 0.05) is 244 Å². The second-order valence-electron chi connectivity index (χ2n) is 35.9. The topological polar surface area (TPSA) is 334 Å². The number of aliphatic hydroxyl groups excluding tert-OH is 1. The molecule has 3 fully saturated rings. The van der Waals surface area contributed by atoms with E-state index >= 15 is 0 Å². The highest BCUT2D eigenvalue weighted by Gasteiger charge is 2.29. The molecule has 0 radical (unpaired) electrons. The van der Waals surface area contributed by atoms with E-state index < -0.39 is 9.52 Å². The molecule has 3 N–H and O–H groups in total. The highest BCUT2D eigenvalue weighted by atomic mass is 32.2. The first-order valence-electron chi connectivity index (χ1n) is 47.7. The van der Waals surface area contributed by atoms with Gasteiger partial charge >= 0.3 is 0 Å². The number of anilines is 8. The van der Waals surface area contributed by atoms with Crippen molar-refractivity contribution < 1.29 is 47.3 Å². The Morgan fingerprint density at radius 2 is 0.908 bits per heavy atom. The van der Waals surface area contributed by atoms with Gasteiger partial charge in [-0.1, -0.05) is 20.8 Å². The van der Waals surface area contributed by atoms with E-state index in [4.69, 9.17) is 53.1 Å². The van der Waals surface area contributed by atoms with E-state index in [0.717, 1.165) is 253 Å². The van der Waals surface area contributed by atoms with Crippen molar-refractivity contribution in [1.82, 2.24) is 94.5 Å². The van der Waals surface area contributed by atoms with Crippen LogP contribution in [0.25, 0.3) is 89.2 Å². The number of aliphatic hydroxyl groups is 1. The van der Waals surface area contributed by atoms with Crippen molar-refractivity contribution >= 4 is 111 Å². The maximum Gasteiger partial charge on any atom is 0.251 e. The Bertz CT molecular complexity index is 7040. The Hall–Kier alpha value is -14.7. The predicted molar refractivity (Wildman–Crippen MR) is 559 cm³/mol. The summed E-state index contributed by atoms with van der Waals surface area (Å²) in [5.41, 5.74) is 22.7. The van der Waals surface area contributed by atoms with Crippen molar-refractivity contribution in [3.63, 3.8) is 0 Å². The zero-order chi connectivity index (χ0) is 98.8. The average molecular weight is 1930 g/mol. The molecule has 1 aliphatic carbocycles. The summed E-state index contributed by atoms with van der Waals surface area (Å²) < 4.78 is 58.6. The number of carbonyl (C=O) groups excluding carboxylic acids is 1. The Morgan fingerprint density at radius 1 is 0.482 bits per heavy atom. The number of amides is 1. The van der Waals surface area contributed by atoms with Crippen LogP contribution in [0.2, 0.25) is 0 Å². The smallest absolute Gasteiger partial charge is 0.251 e. The number of hydrogen-bond acceptors (Lipinski definition) is 28. The highest BCUT2D eigenvalue weighted by Crippen LogP contribution is 2.42. The van der Waals surface area contributed by atoms with Crippen molar-refractivity contribution in [3.05, 3.63) is 231 Å². The molecule has 16 aromatic rings. The molecule has 1 atom stereocenters. The number of benzene rings is 8. The van der Waals surface area contributed by atoms with Gasteiger partial charge in [0.2, 0.25) is 0 Å². The fourth-order valence-electron chi connectivity index (χ4n) is 17.0. The third-order valence-corrected chi connectivity index (χ3v) is 26.8. The van der Waals surface area contributed by atoms with E-state index in [1.54, 1.807) is 96.1 Å². The molecule has 2 saturated heterocycles. The van der Waals surface area contributed by atoms with Crippen LogP contribution in [0.5, 0.6) is 34.5 Å². The summed E-state index contributed by atoms with van der Waals surface area (Å²) in [5, 5.41) is 33.4. The fourth-order valence-corrected chi connectivity index (χ4v) is 18.4. The summed E-state index contributed by atoms with van der Waals surface area (Å²) >= 11 is 0. The van der Waals surface area contributed by atoms with E-state index in [9.17, 15) is 14.1 Å². The molecule has 0 bridgehead atoms. The molecule has 1 saturated carbocycles. The molecule has 19 rings (SSSR count). The van der Waals surface area contributed by atoms with E-state index in [1.165, 1.54) is 12.8 Å². The lowest BCUT2D eigenvalue weighted by molar-refractivity contribution is -0.0394. The van der Waals surface area contributed by atoms with Gasteiger partial charge in [0.15, 0.2) is 0 Å². The number of rotatable bonds is 34. The zero-order valence-corrected chi connectivity index (χ0v) is 83.5. The number of fused-ring (bicyclic) bond motifs is 4. The van der Waals surface area contributed by atoms with E-state index in [1.807, 2.05) is 170 Å². The lowest BCUT2D eigenvalue weighted by atomic mass is 10.1. The molecular weight excluding hydrogens is 1800 g/mol. The first-order chi connectivity index (χ1) is 68.4. The number of ether oxygens (including phenoxy) is 7. The molecule has 10 heterocycles. The minimum atomic E-state index is -1.90. The van der Waals surface area contributed by atoms with Crippen LogP contribution in [-0.4, -0.2) is 231 Å². The van der Waals surface area contributed by atoms with Gasteiger partial charge in [0.05, 0.1) is 166 Å². The normalized spacial score (nSPS) is 14.0. The lowest BCUT2D eigenvalue weighted by Gasteiger charge is -2.31. The third-order valence-electron chi connectivity index (χ3n) is 24.9. The quantitative estimate of drug-likeness (QED) is 0.0315. The standard InChI is InChI=1S/C28H35N7O2.C28H34N6O3S.C27H31N5O3.C24H25N5O2/c1-18(2)30-9-10-34(23-11-20(28(36)29-5)12-24(13-23)37-6)22-7-8-25-26(14-22)33-27(16-31-25)21-15-32-35(17-21)19(3)4;1-32-20-21(18-30-32)28-19-29-26-7-6-22(16-27(26)31-28)34(23-14-24(36-2)17-25(15-23)37-3)9-5-8-33-10-12-38(4,35)13-11-33;1-4-10-31(21-12-22(33-2)15-23(13-21)34-3)20-8-9-24-25(14-20)30-26(17-28-24)19-16-29-32(18-19)27-7-5-6-11-35-27;1-28-14-18(11-26-28)24-12-25-22-6-5-19(10-23(22)27-24)29(13-16-3-4-16)20-7-17(15-30)8-21(9-20)31-2/h7-8,11-19,30H,9-10H2,1-6H3,(H,29,36);6-7,14-20H,4-5,8-13H2,1-3H3;8-9,12-18,27H,4-7,10-11H2,1-3H3;5-12,14,16,30H,3-4,13,15H2,1-2H3. The SMILES string of the molecule is C=S1(=O)CCN(CCCN(c2cc(OC)cc(OC)c2)c2ccc3ncc(-c4cnn(C)c4)nc3c2)CC1.CCCN(c1cc(OC)cc(OC)c1)c1ccc2ncc(-c3cnn(C4CCCCO4)c3)nc2c1.CNC(=O)c1cc(OC)cc(N(CCNC(C)C)c2ccc3ncc(-c4cnn(C(C)C)c4)nc3c2)c1.COc1cc(CO)cc(N(CC2CC2)c2ccc3ncc(-c4cnn(C)c4)nc3c2)c1. The van der Waals surface area contributed by atoms with Gasteiger partial charge in [-0.05, 0) is 189 Å². The zero-order valence-electron chi connectivity index (χ0n) is 82.7. The minimum Gasteiger partial charge on any atom is -0.497 e. The van der Waals surface area contributed by atoms with Gasteiger partial charge in [-0.25, -0.2) is 24.6 Å². The summed E-state index contributed by atoms with van der Waals surface area (Å²) in [7, 11) is 13.4. The number of nitrogens with one attached hydrogen (secondary N) is 2. The first-order valence-corrected chi connectivity index (χ1v) is 49.8. The molecular formula is C107H125N23O10S. The number of aryl methyl sites for hydroxylation is 2. The largest absolute Gasteiger partial charge is 0.497 e. The lowest BCUT2D eigenvalue weighted by Crippen LogP contribution is -2.41. The maximum absolute atomic E-state index is 12.5. The van der Waals surface area contributed by atoms with Gasteiger partial charge < -0.3 is 73.4 Å². The molecule has 141 heavy (non-hydrogen) atoms. The number of methoxy groups -OCH3 is 6. The van der Waals surface area contributed by atoms with Gasteiger partial charge in [-0.2, -0.15) is 20.4 Å². The van der Waals surface area contributed by atoms with Crippen LogP contribution in [0.3, 0.4) is 0 Å². The summed E-state index contributed by atoms with van der Waals surface area (Å²) in [6.45, 7) is 17.9.